The molecule has 0 fully saturated rings. The van der Waals surface area contributed by atoms with Crippen molar-refractivity contribution in [3.05, 3.63) is 57.5 Å². The fraction of sp³-hybridized carbons (Fsp3) is 0.267. The summed E-state index contributed by atoms with van der Waals surface area (Å²) in [7, 11) is 0. The highest BCUT2D eigenvalue weighted by Crippen LogP contribution is 2.26. The zero-order chi connectivity index (χ0) is 14.1. The SMILES string of the molecule is O=C(O)[C@@H]1Cc2ccc(F)cc2CN1Cc1cccs1. The largest absolute Gasteiger partial charge is 0.480 e. The molecular formula is C15H14FNO2S. The first kappa shape index (κ1) is 13.3. The Bertz CT molecular complexity index is 627. The quantitative estimate of drug-likeness (QED) is 0.945. The second kappa shape index (κ2) is 5.34. The molecule has 0 radical (unpaired) electrons. The van der Waals surface area contributed by atoms with Gasteiger partial charge in [0.15, 0.2) is 0 Å². The van der Waals surface area contributed by atoms with E-state index in [1.54, 1.807) is 17.4 Å². The summed E-state index contributed by atoms with van der Waals surface area (Å²) in [6.07, 6.45) is 0.427. The Morgan fingerprint density at radius 1 is 1.40 bits per heavy atom. The zero-order valence-corrected chi connectivity index (χ0v) is 11.6. The van der Waals surface area contributed by atoms with Gasteiger partial charge >= 0.3 is 5.97 Å². The standard InChI is InChI=1S/C15H14FNO2S/c16-12-4-3-10-7-14(15(18)19)17(8-11(10)6-12)9-13-2-1-5-20-13/h1-6,14H,7-9H2,(H,18,19)/t14-/m0/s1. The molecule has 3 nitrogen and oxygen atoms in total. The lowest BCUT2D eigenvalue weighted by Gasteiger charge is -2.34. The van der Waals surface area contributed by atoms with E-state index in [0.29, 0.717) is 19.5 Å². The van der Waals surface area contributed by atoms with E-state index >= 15 is 0 Å². The Morgan fingerprint density at radius 3 is 2.95 bits per heavy atom. The summed E-state index contributed by atoms with van der Waals surface area (Å²) in [4.78, 5) is 14.5. The molecule has 0 saturated heterocycles. The fourth-order valence-electron chi connectivity index (χ4n) is 2.62. The predicted molar refractivity (Wildman–Crippen MR) is 75.1 cm³/mol. The van der Waals surface area contributed by atoms with Gasteiger partial charge in [-0.05, 0) is 41.1 Å². The van der Waals surface area contributed by atoms with E-state index in [9.17, 15) is 14.3 Å². The van der Waals surface area contributed by atoms with E-state index in [0.717, 1.165) is 16.0 Å². The smallest absolute Gasteiger partial charge is 0.321 e. The van der Waals surface area contributed by atoms with Crippen molar-refractivity contribution in [1.82, 2.24) is 4.90 Å². The second-order valence-electron chi connectivity index (χ2n) is 4.96. The van der Waals surface area contributed by atoms with Crippen LogP contribution in [-0.2, 0) is 24.3 Å². The Hall–Kier alpha value is -1.72. The number of rotatable bonds is 3. The molecule has 2 aromatic rings. The summed E-state index contributed by atoms with van der Waals surface area (Å²) in [5.41, 5.74) is 1.82. The van der Waals surface area contributed by atoms with Gasteiger partial charge in [0.25, 0.3) is 0 Å². The Morgan fingerprint density at radius 2 is 2.25 bits per heavy atom. The van der Waals surface area contributed by atoms with Gasteiger partial charge in [-0.1, -0.05) is 12.1 Å². The predicted octanol–water partition coefficient (Wildman–Crippen LogP) is 2.90. The first-order chi connectivity index (χ1) is 9.63. The normalized spacial score (nSPS) is 18.8. The Balaban J connectivity index is 1.89. The molecule has 104 valence electrons. The minimum Gasteiger partial charge on any atom is -0.480 e. The summed E-state index contributed by atoms with van der Waals surface area (Å²) in [6.45, 7) is 1.06. The van der Waals surface area contributed by atoms with Crippen molar-refractivity contribution in [2.75, 3.05) is 0 Å². The summed E-state index contributed by atoms with van der Waals surface area (Å²) >= 11 is 1.61. The fourth-order valence-corrected chi connectivity index (χ4v) is 3.35. The third kappa shape index (κ3) is 2.59. The van der Waals surface area contributed by atoms with Gasteiger partial charge in [0.1, 0.15) is 11.9 Å². The molecule has 3 rings (SSSR count). The lowest BCUT2D eigenvalue weighted by Crippen LogP contribution is -2.44. The van der Waals surface area contributed by atoms with E-state index in [1.165, 1.54) is 12.1 Å². The Kier molecular flexibility index (Phi) is 3.54. The molecule has 1 aliphatic heterocycles. The van der Waals surface area contributed by atoms with Crippen LogP contribution >= 0.6 is 11.3 Å². The number of carbonyl (C=O) groups is 1. The lowest BCUT2D eigenvalue weighted by molar-refractivity contribution is -0.144. The van der Waals surface area contributed by atoms with E-state index < -0.39 is 12.0 Å². The molecule has 0 saturated carbocycles. The summed E-state index contributed by atoms with van der Waals surface area (Å²) in [6, 6.07) is 8.00. The maximum absolute atomic E-state index is 13.3. The van der Waals surface area contributed by atoms with Crippen LogP contribution in [0.3, 0.4) is 0 Å². The average molecular weight is 291 g/mol. The molecule has 1 N–H and O–H groups in total. The van der Waals surface area contributed by atoms with Crippen LogP contribution in [0.2, 0.25) is 0 Å². The number of carboxylic acids is 1. The molecule has 1 aromatic heterocycles. The van der Waals surface area contributed by atoms with Gasteiger partial charge < -0.3 is 5.11 Å². The van der Waals surface area contributed by atoms with Gasteiger partial charge in [-0.15, -0.1) is 11.3 Å². The highest BCUT2D eigenvalue weighted by molar-refractivity contribution is 7.09. The van der Waals surface area contributed by atoms with Crippen molar-refractivity contribution >= 4 is 17.3 Å². The van der Waals surface area contributed by atoms with E-state index in [4.69, 9.17) is 0 Å². The molecule has 1 atom stereocenters. The molecule has 1 aromatic carbocycles. The van der Waals surface area contributed by atoms with Crippen molar-refractivity contribution in [1.29, 1.82) is 0 Å². The van der Waals surface area contributed by atoms with Gasteiger partial charge in [0.05, 0.1) is 0 Å². The van der Waals surface area contributed by atoms with Gasteiger partial charge in [-0.2, -0.15) is 0 Å². The van der Waals surface area contributed by atoms with Gasteiger partial charge in [-0.3, -0.25) is 9.69 Å². The first-order valence-corrected chi connectivity index (χ1v) is 7.28. The first-order valence-electron chi connectivity index (χ1n) is 6.40. The number of carboxylic acid groups (broad SMARTS) is 1. The summed E-state index contributed by atoms with van der Waals surface area (Å²) < 4.78 is 13.3. The molecule has 0 spiro atoms. The summed E-state index contributed by atoms with van der Waals surface area (Å²) in [5.74, 6) is -1.09. The monoisotopic (exact) mass is 291 g/mol. The summed E-state index contributed by atoms with van der Waals surface area (Å²) in [5, 5.41) is 11.4. The average Bonchev–Trinajstić information content (AvgIpc) is 2.90. The third-order valence-electron chi connectivity index (χ3n) is 3.62. The zero-order valence-electron chi connectivity index (χ0n) is 10.8. The third-order valence-corrected chi connectivity index (χ3v) is 4.48. The molecule has 5 heteroatoms. The number of nitrogens with zero attached hydrogens (tertiary/aromatic N) is 1. The van der Waals surface area contributed by atoms with Crippen LogP contribution in [-0.4, -0.2) is 22.0 Å². The number of thiophene rings is 1. The molecule has 2 heterocycles. The van der Waals surface area contributed by atoms with Gasteiger partial charge in [-0.25, -0.2) is 4.39 Å². The van der Waals surface area contributed by atoms with E-state index in [-0.39, 0.29) is 5.82 Å². The van der Waals surface area contributed by atoms with Crippen LogP contribution in [0.5, 0.6) is 0 Å². The van der Waals surface area contributed by atoms with Gasteiger partial charge in [0, 0.05) is 18.0 Å². The maximum Gasteiger partial charge on any atom is 0.321 e. The minimum atomic E-state index is -0.823. The van der Waals surface area contributed by atoms with E-state index in [2.05, 4.69) is 0 Å². The van der Waals surface area contributed by atoms with Crippen LogP contribution in [0.15, 0.2) is 35.7 Å². The van der Waals surface area contributed by atoms with Crippen LogP contribution in [0, 0.1) is 5.82 Å². The molecule has 0 bridgehead atoms. The van der Waals surface area contributed by atoms with Crippen molar-refractivity contribution in [3.63, 3.8) is 0 Å². The van der Waals surface area contributed by atoms with Crippen LogP contribution < -0.4 is 0 Å². The van der Waals surface area contributed by atoms with Gasteiger partial charge in [0.2, 0.25) is 0 Å². The van der Waals surface area contributed by atoms with E-state index in [1.807, 2.05) is 22.4 Å². The number of benzene rings is 1. The Labute approximate surface area is 120 Å². The van der Waals surface area contributed by atoms with Crippen LogP contribution in [0.4, 0.5) is 4.39 Å². The second-order valence-corrected chi connectivity index (χ2v) is 5.99. The minimum absolute atomic E-state index is 0.270. The molecule has 0 amide bonds. The highest BCUT2D eigenvalue weighted by atomic mass is 32.1. The molecular weight excluding hydrogens is 277 g/mol. The van der Waals surface area contributed by atoms with Crippen molar-refractivity contribution < 1.29 is 14.3 Å². The number of hydrogen-bond donors (Lipinski definition) is 1. The number of aliphatic carboxylic acids is 1. The topological polar surface area (TPSA) is 40.5 Å². The number of hydrogen-bond acceptors (Lipinski definition) is 3. The maximum atomic E-state index is 13.3. The van der Waals surface area contributed by atoms with Crippen LogP contribution in [0.25, 0.3) is 0 Å². The number of halogens is 1. The number of fused-ring (bicyclic) bond motifs is 1. The molecule has 0 unspecified atom stereocenters. The lowest BCUT2D eigenvalue weighted by atomic mass is 9.94. The highest BCUT2D eigenvalue weighted by Gasteiger charge is 2.31. The van der Waals surface area contributed by atoms with Crippen molar-refractivity contribution in [3.8, 4) is 0 Å². The molecule has 0 aliphatic carbocycles. The van der Waals surface area contributed by atoms with Crippen molar-refractivity contribution in [2.24, 2.45) is 0 Å². The molecule has 20 heavy (non-hydrogen) atoms. The van der Waals surface area contributed by atoms with Crippen molar-refractivity contribution in [2.45, 2.75) is 25.6 Å². The van der Waals surface area contributed by atoms with Crippen LogP contribution in [0.1, 0.15) is 16.0 Å². The molecule has 1 aliphatic rings.